The number of nitrogens with one attached hydrogen (secondary N) is 1. The van der Waals surface area contributed by atoms with E-state index in [0.717, 1.165) is 0 Å². The molecule has 8 heteroatoms. The monoisotopic (exact) mass is 235 g/mol. The van der Waals surface area contributed by atoms with Crippen molar-refractivity contribution in [3.8, 4) is 11.9 Å². The summed E-state index contributed by atoms with van der Waals surface area (Å²) in [6, 6.07) is 0.193. The Kier molecular flexibility index (Phi) is 2.54. The summed E-state index contributed by atoms with van der Waals surface area (Å²) in [7, 11) is 3.44. The lowest BCUT2D eigenvalue weighted by Crippen LogP contribution is -2.13. The van der Waals surface area contributed by atoms with Gasteiger partial charge in [-0.15, -0.1) is 5.10 Å². The summed E-state index contributed by atoms with van der Waals surface area (Å²) in [6.45, 7) is 1.76. The van der Waals surface area contributed by atoms with Crippen LogP contribution in [0.5, 0.6) is 11.9 Å². The number of rotatable bonds is 3. The Morgan fingerprint density at radius 2 is 2.12 bits per heavy atom. The zero-order valence-corrected chi connectivity index (χ0v) is 9.80. The fraction of sp³-hybridized carbons (Fsp3) is 0.333. The molecule has 0 radical (unpaired) electrons. The quantitative estimate of drug-likeness (QED) is 0.572. The van der Waals surface area contributed by atoms with Gasteiger partial charge < -0.3 is 10.5 Å². The van der Waals surface area contributed by atoms with Crippen LogP contribution in [0, 0.1) is 12.3 Å². The Balaban J connectivity index is 2.41. The van der Waals surface area contributed by atoms with Gasteiger partial charge in [-0.3, -0.25) is 10.1 Å². The summed E-state index contributed by atoms with van der Waals surface area (Å²) < 4.78 is 8.50. The molecular weight excluding hydrogens is 222 g/mol. The third-order valence-corrected chi connectivity index (χ3v) is 2.21. The van der Waals surface area contributed by atoms with E-state index in [4.69, 9.17) is 15.9 Å². The summed E-state index contributed by atoms with van der Waals surface area (Å²) in [5.74, 6) is 0.266. The van der Waals surface area contributed by atoms with E-state index in [0.29, 0.717) is 17.1 Å². The normalized spacial score (nSPS) is 10.5. The molecule has 0 fully saturated rings. The first kappa shape index (κ1) is 11.1. The first-order valence-corrected chi connectivity index (χ1v) is 4.90. The van der Waals surface area contributed by atoms with E-state index < -0.39 is 0 Å². The van der Waals surface area contributed by atoms with Gasteiger partial charge in [0.15, 0.2) is 0 Å². The van der Waals surface area contributed by atoms with Crippen molar-refractivity contribution in [1.82, 2.24) is 24.5 Å². The lowest BCUT2D eigenvalue weighted by atomic mass is 10.2. The SMILES string of the molecule is Cc1nn(C)c(Oc2ncn(C)n2)c1C(=N)N. The molecular formula is C9H13N7O. The molecule has 2 aromatic heterocycles. The summed E-state index contributed by atoms with van der Waals surface area (Å²) in [4.78, 5) is 3.94. The number of nitrogens with two attached hydrogens (primary N) is 1. The van der Waals surface area contributed by atoms with Gasteiger partial charge in [0.05, 0.1) is 5.69 Å². The first-order valence-electron chi connectivity index (χ1n) is 4.90. The van der Waals surface area contributed by atoms with Crippen molar-refractivity contribution >= 4 is 5.84 Å². The Morgan fingerprint density at radius 1 is 1.41 bits per heavy atom. The number of nitrogen functional groups attached to an aromatic ring is 1. The Labute approximate surface area is 97.5 Å². The molecule has 0 amide bonds. The van der Waals surface area contributed by atoms with Gasteiger partial charge in [0.25, 0.3) is 0 Å². The molecule has 17 heavy (non-hydrogen) atoms. The van der Waals surface area contributed by atoms with Crippen LogP contribution in [-0.2, 0) is 14.1 Å². The molecule has 90 valence electrons. The van der Waals surface area contributed by atoms with E-state index in [1.54, 1.807) is 21.0 Å². The minimum absolute atomic E-state index is 0.0958. The highest BCUT2D eigenvalue weighted by Crippen LogP contribution is 2.24. The average molecular weight is 235 g/mol. The number of hydrogen-bond donors (Lipinski definition) is 2. The van der Waals surface area contributed by atoms with E-state index in [-0.39, 0.29) is 11.8 Å². The summed E-state index contributed by atoms with van der Waals surface area (Å²) in [6.07, 6.45) is 1.52. The first-order chi connectivity index (χ1) is 7.99. The van der Waals surface area contributed by atoms with Crippen LogP contribution in [0.25, 0.3) is 0 Å². The van der Waals surface area contributed by atoms with Crippen LogP contribution < -0.4 is 10.5 Å². The lowest BCUT2D eigenvalue weighted by Gasteiger charge is -2.03. The predicted molar refractivity (Wildman–Crippen MR) is 60.0 cm³/mol. The molecule has 0 bridgehead atoms. The minimum Gasteiger partial charge on any atom is -0.404 e. The van der Waals surface area contributed by atoms with Crippen molar-refractivity contribution in [1.29, 1.82) is 5.41 Å². The molecule has 2 rings (SSSR count). The summed E-state index contributed by atoms with van der Waals surface area (Å²) in [5, 5.41) is 15.6. The second-order valence-corrected chi connectivity index (χ2v) is 3.61. The Hall–Kier alpha value is -2.38. The second-order valence-electron chi connectivity index (χ2n) is 3.61. The van der Waals surface area contributed by atoms with Crippen LogP contribution in [0.3, 0.4) is 0 Å². The molecule has 0 unspecified atom stereocenters. The van der Waals surface area contributed by atoms with Crippen LogP contribution in [0.2, 0.25) is 0 Å². The van der Waals surface area contributed by atoms with Crippen molar-refractivity contribution in [2.45, 2.75) is 6.92 Å². The molecule has 2 heterocycles. The fourth-order valence-corrected chi connectivity index (χ4v) is 1.52. The molecule has 0 aliphatic rings. The van der Waals surface area contributed by atoms with Crippen LogP contribution in [0.4, 0.5) is 0 Å². The van der Waals surface area contributed by atoms with Crippen molar-refractivity contribution in [2.75, 3.05) is 0 Å². The molecule has 0 saturated heterocycles. The molecule has 0 aromatic carbocycles. The molecule has 0 aliphatic carbocycles. The van der Waals surface area contributed by atoms with Gasteiger partial charge >= 0.3 is 6.01 Å². The highest BCUT2D eigenvalue weighted by molar-refractivity contribution is 5.98. The lowest BCUT2D eigenvalue weighted by molar-refractivity contribution is 0.396. The van der Waals surface area contributed by atoms with Gasteiger partial charge in [0, 0.05) is 14.1 Å². The average Bonchev–Trinajstić information content (AvgIpc) is 2.72. The van der Waals surface area contributed by atoms with Crippen LogP contribution in [0.1, 0.15) is 11.3 Å². The molecule has 0 atom stereocenters. The van der Waals surface area contributed by atoms with Crippen molar-refractivity contribution in [3.63, 3.8) is 0 Å². The third kappa shape index (κ3) is 1.96. The maximum atomic E-state index is 7.50. The minimum atomic E-state index is -0.0958. The number of hydrogen-bond acceptors (Lipinski definition) is 5. The molecule has 0 saturated carbocycles. The van der Waals surface area contributed by atoms with Crippen molar-refractivity contribution in [2.24, 2.45) is 19.8 Å². The van der Waals surface area contributed by atoms with E-state index in [9.17, 15) is 0 Å². The van der Waals surface area contributed by atoms with Crippen molar-refractivity contribution in [3.05, 3.63) is 17.6 Å². The predicted octanol–water partition coefficient (Wildman–Crippen LogP) is -0.0666. The number of amidine groups is 1. The van der Waals surface area contributed by atoms with Crippen LogP contribution in [-0.4, -0.2) is 30.4 Å². The van der Waals surface area contributed by atoms with Gasteiger partial charge in [-0.1, -0.05) is 0 Å². The maximum Gasteiger partial charge on any atom is 0.342 e. The van der Waals surface area contributed by atoms with E-state index in [1.165, 1.54) is 15.7 Å². The standard InChI is InChI=1S/C9H13N7O/c1-5-6(7(10)11)8(16(3)13-5)17-9-12-4-15(2)14-9/h4H,1-3H3,(H3,10,11). The highest BCUT2D eigenvalue weighted by Gasteiger charge is 2.19. The fourth-order valence-electron chi connectivity index (χ4n) is 1.52. The smallest absolute Gasteiger partial charge is 0.342 e. The van der Waals surface area contributed by atoms with Gasteiger partial charge in [0.2, 0.25) is 5.88 Å². The van der Waals surface area contributed by atoms with Gasteiger partial charge in [-0.05, 0) is 6.92 Å². The van der Waals surface area contributed by atoms with Gasteiger partial charge in [-0.2, -0.15) is 10.1 Å². The molecule has 0 spiro atoms. The Morgan fingerprint density at radius 3 is 2.65 bits per heavy atom. The third-order valence-electron chi connectivity index (χ3n) is 2.21. The Bertz CT molecular complexity index is 568. The number of ether oxygens (including phenoxy) is 1. The van der Waals surface area contributed by atoms with E-state index >= 15 is 0 Å². The zero-order chi connectivity index (χ0) is 12.6. The summed E-state index contributed by atoms with van der Waals surface area (Å²) in [5.41, 5.74) is 6.58. The number of aromatic nitrogens is 5. The van der Waals surface area contributed by atoms with E-state index in [2.05, 4.69) is 15.2 Å². The van der Waals surface area contributed by atoms with Crippen molar-refractivity contribution < 1.29 is 4.74 Å². The highest BCUT2D eigenvalue weighted by atomic mass is 16.5. The van der Waals surface area contributed by atoms with Crippen LogP contribution in [0.15, 0.2) is 6.33 Å². The second kappa shape index (κ2) is 3.89. The molecule has 8 nitrogen and oxygen atoms in total. The molecule has 2 aromatic rings. The number of aryl methyl sites for hydroxylation is 3. The van der Waals surface area contributed by atoms with Gasteiger partial charge in [-0.25, -0.2) is 4.68 Å². The zero-order valence-electron chi connectivity index (χ0n) is 9.80. The van der Waals surface area contributed by atoms with E-state index in [1.807, 2.05) is 0 Å². The van der Waals surface area contributed by atoms with Gasteiger partial charge in [0.1, 0.15) is 17.7 Å². The summed E-state index contributed by atoms with van der Waals surface area (Å²) >= 11 is 0. The molecule has 0 aliphatic heterocycles. The topological polar surface area (TPSA) is 108 Å². The van der Waals surface area contributed by atoms with Crippen LogP contribution >= 0.6 is 0 Å². The molecule has 3 N–H and O–H groups in total. The largest absolute Gasteiger partial charge is 0.404 e. The number of nitrogens with zero attached hydrogens (tertiary/aromatic N) is 5. The maximum absolute atomic E-state index is 7.50.